The van der Waals surface area contributed by atoms with Gasteiger partial charge in [-0.05, 0) is 56.2 Å². The van der Waals surface area contributed by atoms with Crippen LogP contribution in [0.2, 0.25) is 0 Å². The molecule has 1 N–H and O–H groups in total. The first-order valence-corrected chi connectivity index (χ1v) is 10.1. The lowest BCUT2D eigenvalue weighted by Gasteiger charge is -2.18. The first kappa shape index (κ1) is 21.3. The number of carbonyl (C=O) groups excluding carboxylic acids is 2. The normalized spacial score (nSPS) is 12.8. The fraction of sp³-hybridized carbons (Fsp3) is 0.292. The van der Waals surface area contributed by atoms with E-state index in [1.165, 1.54) is 5.56 Å². The van der Waals surface area contributed by atoms with Gasteiger partial charge < -0.3 is 10.1 Å². The van der Waals surface area contributed by atoms with Crippen molar-refractivity contribution < 1.29 is 14.3 Å². The monoisotopic (exact) mass is 405 g/mol. The van der Waals surface area contributed by atoms with E-state index >= 15 is 0 Å². The van der Waals surface area contributed by atoms with Gasteiger partial charge in [-0.15, -0.1) is 0 Å². The molecule has 0 saturated heterocycles. The number of rotatable bonds is 8. The highest BCUT2D eigenvalue weighted by Gasteiger charge is 2.20. The van der Waals surface area contributed by atoms with Gasteiger partial charge in [0.25, 0.3) is 5.91 Å². The van der Waals surface area contributed by atoms with Gasteiger partial charge in [-0.25, -0.2) is 9.48 Å². The van der Waals surface area contributed by atoms with E-state index in [0.29, 0.717) is 12.1 Å². The second-order valence-corrected chi connectivity index (χ2v) is 7.24. The van der Waals surface area contributed by atoms with E-state index in [1.807, 2.05) is 31.2 Å². The molecular weight excluding hydrogens is 378 g/mol. The van der Waals surface area contributed by atoms with E-state index in [2.05, 4.69) is 29.5 Å². The van der Waals surface area contributed by atoms with Gasteiger partial charge in [-0.1, -0.05) is 37.3 Å². The topological polar surface area (TPSA) is 73.2 Å². The van der Waals surface area contributed by atoms with Crippen LogP contribution in [-0.4, -0.2) is 34.3 Å². The number of benzene rings is 2. The van der Waals surface area contributed by atoms with Gasteiger partial charge in [-0.3, -0.25) is 4.79 Å². The van der Waals surface area contributed by atoms with Crippen LogP contribution in [0.5, 0.6) is 0 Å². The molecule has 2 aromatic carbocycles. The lowest BCUT2D eigenvalue weighted by molar-refractivity contribution is -0.129. The van der Waals surface area contributed by atoms with Gasteiger partial charge in [0.2, 0.25) is 0 Å². The highest BCUT2D eigenvalue weighted by atomic mass is 16.5. The van der Waals surface area contributed by atoms with Crippen molar-refractivity contribution >= 4 is 11.9 Å². The number of nitrogens with one attached hydrogen (secondary N) is 1. The zero-order chi connectivity index (χ0) is 21.5. The number of nitrogens with zero attached hydrogens (tertiary/aromatic N) is 2. The number of aryl methyl sites for hydroxylation is 1. The summed E-state index contributed by atoms with van der Waals surface area (Å²) in [7, 11) is 0. The number of hydrogen-bond acceptors (Lipinski definition) is 4. The number of ether oxygens (including phenoxy) is 1. The number of esters is 1. The van der Waals surface area contributed by atoms with Crippen molar-refractivity contribution in [1.29, 1.82) is 0 Å². The molecule has 0 aliphatic heterocycles. The molecule has 156 valence electrons. The highest BCUT2D eigenvalue weighted by Crippen LogP contribution is 2.18. The number of hydrogen-bond donors (Lipinski definition) is 1. The minimum atomic E-state index is -0.876. The summed E-state index contributed by atoms with van der Waals surface area (Å²) in [5, 5.41) is 7.14. The zero-order valence-corrected chi connectivity index (χ0v) is 17.5. The fourth-order valence-corrected chi connectivity index (χ4v) is 3.25. The second-order valence-electron chi connectivity index (χ2n) is 7.24. The first-order valence-electron chi connectivity index (χ1n) is 10.1. The van der Waals surface area contributed by atoms with Crippen molar-refractivity contribution in [2.45, 2.75) is 39.2 Å². The molecule has 2 atom stereocenters. The molecule has 0 unspecified atom stereocenters. The molecule has 0 aliphatic carbocycles. The van der Waals surface area contributed by atoms with Crippen LogP contribution in [0.3, 0.4) is 0 Å². The average Bonchev–Trinajstić information content (AvgIpc) is 3.20. The molecule has 6 heteroatoms. The molecule has 0 bridgehead atoms. The Kier molecular flexibility index (Phi) is 7.01. The quantitative estimate of drug-likeness (QED) is 0.574. The summed E-state index contributed by atoms with van der Waals surface area (Å²) in [6.45, 7) is 6.12. The van der Waals surface area contributed by atoms with Crippen LogP contribution < -0.4 is 5.32 Å². The van der Waals surface area contributed by atoms with Crippen LogP contribution in [0.15, 0.2) is 66.9 Å². The molecule has 1 aromatic heterocycles. The summed E-state index contributed by atoms with van der Waals surface area (Å²) in [6, 6.07) is 18.9. The Bertz CT molecular complexity index is 980. The van der Waals surface area contributed by atoms with E-state index in [9.17, 15) is 9.59 Å². The van der Waals surface area contributed by atoms with Gasteiger partial charge >= 0.3 is 5.97 Å². The molecule has 0 aliphatic rings. The molecule has 0 radical (unpaired) electrons. The second kappa shape index (κ2) is 9.87. The number of amides is 1. The van der Waals surface area contributed by atoms with Crippen LogP contribution in [0.1, 0.15) is 47.8 Å². The molecular formula is C24H27N3O3. The Morgan fingerprint density at radius 3 is 2.37 bits per heavy atom. The van der Waals surface area contributed by atoms with E-state index in [1.54, 1.807) is 42.1 Å². The maximum atomic E-state index is 12.4. The van der Waals surface area contributed by atoms with E-state index in [0.717, 1.165) is 17.8 Å². The minimum absolute atomic E-state index is 0.219. The Balaban J connectivity index is 1.54. The smallest absolute Gasteiger partial charge is 0.338 e. The molecule has 0 spiro atoms. The van der Waals surface area contributed by atoms with Crippen molar-refractivity contribution in [2.75, 3.05) is 6.54 Å². The summed E-state index contributed by atoms with van der Waals surface area (Å²) < 4.78 is 7.13. The molecule has 1 heterocycles. The summed E-state index contributed by atoms with van der Waals surface area (Å²) in [5.41, 5.74) is 3.42. The van der Waals surface area contributed by atoms with Crippen molar-refractivity contribution in [3.05, 3.63) is 83.7 Å². The predicted molar refractivity (Wildman–Crippen MR) is 116 cm³/mol. The Hall–Kier alpha value is -3.41. The van der Waals surface area contributed by atoms with Crippen molar-refractivity contribution in [2.24, 2.45) is 0 Å². The SMILES string of the molecule is CC[C@H](CNC(=O)[C@H](C)OC(=O)c1ccc(-n2nccc2C)cc1)c1ccccc1. The third kappa shape index (κ3) is 5.14. The van der Waals surface area contributed by atoms with Crippen LogP contribution in [0, 0.1) is 6.92 Å². The predicted octanol–water partition coefficient (Wildman–Crippen LogP) is 4.04. The standard InChI is InChI=1S/C24H27N3O3/c1-4-19(20-8-6-5-7-9-20)16-25-23(28)18(3)30-24(29)21-10-12-22(13-11-21)27-17(2)14-15-26-27/h5-15,18-19H,4,16H2,1-3H3,(H,25,28)/t18-,19+/m0/s1. The summed E-state index contributed by atoms with van der Waals surface area (Å²) in [5.74, 6) is -0.616. The van der Waals surface area contributed by atoms with Crippen molar-refractivity contribution in [1.82, 2.24) is 15.1 Å². The van der Waals surface area contributed by atoms with Gasteiger partial charge in [0, 0.05) is 24.4 Å². The Morgan fingerprint density at radius 2 is 1.77 bits per heavy atom. The summed E-state index contributed by atoms with van der Waals surface area (Å²) in [6.07, 6.45) is 1.75. The Morgan fingerprint density at radius 1 is 1.07 bits per heavy atom. The van der Waals surface area contributed by atoms with Crippen LogP contribution in [-0.2, 0) is 9.53 Å². The zero-order valence-electron chi connectivity index (χ0n) is 17.5. The Labute approximate surface area is 176 Å². The van der Waals surface area contributed by atoms with E-state index in [4.69, 9.17) is 4.74 Å². The number of aromatic nitrogens is 2. The molecule has 0 saturated carbocycles. The number of carbonyl (C=O) groups is 2. The van der Waals surface area contributed by atoms with Crippen LogP contribution >= 0.6 is 0 Å². The lowest BCUT2D eigenvalue weighted by atomic mass is 9.96. The molecule has 30 heavy (non-hydrogen) atoms. The van der Waals surface area contributed by atoms with Gasteiger partial charge in [0.05, 0.1) is 11.3 Å². The molecule has 6 nitrogen and oxygen atoms in total. The highest BCUT2D eigenvalue weighted by molar-refractivity contribution is 5.92. The fourth-order valence-electron chi connectivity index (χ4n) is 3.25. The van der Waals surface area contributed by atoms with Gasteiger partial charge in [-0.2, -0.15) is 5.10 Å². The van der Waals surface area contributed by atoms with Gasteiger partial charge in [0.1, 0.15) is 0 Å². The third-order valence-corrected chi connectivity index (χ3v) is 5.12. The molecule has 3 rings (SSSR count). The van der Waals surface area contributed by atoms with Crippen molar-refractivity contribution in [3.8, 4) is 5.69 Å². The molecule has 0 fully saturated rings. The van der Waals surface area contributed by atoms with E-state index < -0.39 is 12.1 Å². The first-order chi connectivity index (χ1) is 14.5. The maximum Gasteiger partial charge on any atom is 0.338 e. The van der Waals surface area contributed by atoms with E-state index in [-0.39, 0.29) is 11.8 Å². The molecule has 1 amide bonds. The van der Waals surface area contributed by atoms with Crippen LogP contribution in [0.25, 0.3) is 5.69 Å². The van der Waals surface area contributed by atoms with Crippen LogP contribution in [0.4, 0.5) is 0 Å². The maximum absolute atomic E-state index is 12.4. The largest absolute Gasteiger partial charge is 0.449 e. The van der Waals surface area contributed by atoms with Gasteiger partial charge in [0.15, 0.2) is 6.10 Å². The lowest BCUT2D eigenvalue weighted by Crippen LogP contribution is -2.38. The summed E-state index contributed by atoms with van der Waals surface area (Å²) in [4.78, 5) is 24.8. The van der Waals surface area contributed by atoms with Crippen molar-refractivity contribution in [3.63, 3.8) is 0 Å². The summed E-state index contributed by atoms with van der Waals surface area (Å²) >= 11 is 0. The minimum Gasteiger partial charge on any atom is -0.449 e. The molecule has 3 aromatic rings. The average molecular weight is 405 g/mol. The third-order valence-electron chi connectivity index (χ3n) is 5.12.